The van der Waals surface area contributed by atoms with Crippen molar-refractivity contribution in [2.24, 2.45) is 0 Å². The first kappa shape index (κ1) is 16.3. The van der Waals surface area contributed by atoms with Crippen molar-refractivity contribution >= 4 is 39.3 Å². The predicted molar refractivity (Wildman–Crippen MR) is 110 cm³/mol. The van der Waals surface area contributed by atoms with E-state index in [1.807, 2.05) is 6.07 Å². The monoisotopic (exact) mass is 388 g/mol. The Bertz CT molecular complexity index is 1080. The van der Waals surface area contributed by atoms with Gasteiger partial charge in [0.15, 0.2) is 0 Å². The molecule has 3 aromatic carbocycles. The molecule has 0 amide bonds. The molecule has 0 fully saturated rings. The summed E-state index contributed by atoms with van der Waals surface area (Å²) in [6.45, 7) is 2.21. The summed E-state index contributed by atoms with van der Waals surface area (Å²) in [6, 6.07) is 19.5. The van der Waals surface area contributed by atoms with Crippen molar-refractivity contribution in [2.45, 2.75) is 24.2 Å². The van der Waals surface area contributed by atoms with Crippen LogP contribution in [0.1, 0.15) is 5.56 Å². The first-order valence-electron chi connectivity index (χ1n) is 8.69. The number of hydrogen-bond donors (Lipinski definition) is 0. The Kier molecular flexibility index (Phi) is 3.88. The van der Waals surface area contributed by atoms with E-state index in [1.165, 1.54) is 16.3 Å². The van der Waals surface area contributed by atoms with E-state index in [9.17, 15) is 0 Å². The molecule has 0 saturated carbocycles. The predicted octanol–water partition coefficient (Wildman–Crippen LogP) is 5.30. The van der Waals surface area contributed by atoms with Crippen LogP contribution in [0.3, 0.4) is 0 Å². The third-order valence-corrected chi connectivity index (χ3v) is 9.07. The molecule has 1 heterocycles. The van der Waals surface area contributed by atoms with Crippen molar-refractivity contribution in [3.63, 3.8) is 0 Å². The zero-order chi connectivity index (χ0) is 17.6. The summed E-state index contributed by atoms with van der Waals surface area (Å²) in [5.41, 5.74) is 4.51. The average molecular weight is 387 g/mol. The molecule has 0 aliphatic heterocycles. The third kappa shape index (κ3) is 2.85. The molecule has 124 valence electrons. The van der Waals surface area contributed by atoms with Crippen molar-refractivity contribution in [3.05, 3.63) is 66.5 Å². The van der Waals surface area contributed by atoms with Gasteiger partial charge in [-0.1, -0.05) is 0 Å². The number of fused-ring (bicyclic) bond motifs is 3. The molecule has 0 aliphatic carbocycles. The Morgan fingerprint density at radius 2 is 1.60 bits per heavy atom. The minimum atomic E-state index is -1.86. The Hall–Kier alpha value is -2.20. The van der Waals surface area contributed by atoms with E-state index in [0.29, 0.717) is 0 Å². The molecule has 0 aliphatic rings. The van der Waals surface area contributed by atoms with Crippen molar-refractivity contribution < 1.29 is 0 Å². The van der Waals surface area contributed by atoms with Crippen LogP contribution in [0.2, 0.25) is 17.3 Å². The molecular weight excluding hydrogens is 365 g/mol. The Balaban J connectivity index is 2.06. The van der Waals surface area contributed by atoms with E-state index in [2.05, 4.69) is 82.7 Å². The van der Waals surface area contributed by atoms with Gasteiger partial charge in [-0.25, -0.2) is 0 Å². The van der Waals surface area contributed by atoms with Gasteiger partial charge < -0.3 is 0 Å². The number of hydrogen-bond acceptors (Lipinski definition) is 2. The second-order valence-corrected chi connectivity index (χ2v) is 18.3. The van der Waals surface area contributed by atoms with Gasteiger partial charge in [0.05, 0.1) is 0 Å². The van der Waals surface area contributed by atoms with Crippen LogP contribution in [0.5, 0.6) is 0 Å². The van der Waals surface area contributed by atoms with Crippen LogP contribution in [-0.4, -0.2) is 23.2 Å². The van der Waals surface area contributed by atoms with Crippen LogP contribution < -0.4 is 4.40 Å². The first-order valence-corrected chi connectivity index (χ1v) is 16.0. The number of nitrogens with zero attached hydrogens (tertiary/aromatic N) is 2. The summed E-state index contributed by atoms with van der Waals surface area (Å²) in [7, 11) is 0. The summed E-state index contributed by atoms with van der Waals surface area (Å²) < 4.78 is 1.54. The van der Waals surface area contributed by atoms with Crippen molar-refractivity contribution in [3.8, 4) is 11.3 Å². The summed E-state index contributed by atoms with van der Waals surface area (Å²) in [6.07, 6.45) is 1.69. The van der Waals surface area contributed by atoms with Gasteiger partial charge in [0.25, 0.3) is 0 Å². The van der Waals surface area contributed by atoms with Crippen LogP contribution in [0, 0.1) is 6.92 Å². The van der Waals surface area contributed by atoms with Gasteiger partial charge in [-0.2, -0.15) is 0 Å². The molecule has 2 nitrogen and oxygen atoms in total. The van der Waals surface area contributed by atoms with E-state index in [4.69, 9.17) is 0 Å². The summed E-state index contributed by atoms with van der Waals surface area (Å²) >= 11 is -1.86. The molecule has 0 atom stereocenters. The van der Waals surface area contributed by atoms with E-state index in [-0.39, 0.29) is 0 Å². The number of aryl methyl sites for hydroxylation is 1. The van der Waals surface area contributed by atoms with Gasteiger partial charge in [0.1, 0.15) is 0 Å². The molecule has 0 saturated heterocycles. The van der Waals surface area contributed by atoms with E-state index >= 15 is 0 Å². The van der Waals surface area contributed by atoms with E-state index in [1.54, 1.807) is 10.7 Å². The molecule has 25 heavy (non-hydrogen) atoms. The van der Waals surface area contributed by atoms with Crippen LogP contribution in [0.4, 0.5) is 0 Å². The Labute approximate surface area is 151 Å². The third-order valence-electron chi connectivity index (χ3n) is 4.83. The van der Waals surface area contributed by atoms with Gasteiger partial charge in [-0.3, -0.25) is 0 Å². The molecule has 0 radical (unpaired) electrons. The Morgan fingerprint density at radius 3 is 2.32 bits per heavy atom. The fraction of sp³-hybridized carbons (Fsp3) is 0.182. The normalized spacial score (nSPS) is 12.0. The number of benzene rings is 3. The van der Waals surface area contributed by atoms with Crippen LogP contribution in [0.25, 0.3) is 32.9 Å². The quantitative estimate of drug-likeness (QED) is 0.345. The molecule has 0 bridgehead atoms. The van der Waals surface area contributed by atoms with Gasteiger partial charge >= 0.3 is 151 Å². The molecule has 1 aromatic heterocycles. The van der Waals surface area contributed by atoms with Crippen molar-refractivity contribution in [1.29, 1.82) is 0 Å². The van der Waals surface area contributed by atoms with Gasteiger partial charge in [0.2, 0.25) is 0 Å². The van der Waals surface area contributed by atoms with E-state index in [0.717, 1.165) is 22.2 Å². The van der Waals surface area contributed by atoms with Crippen molar-refractivity contribution in [1.82, 2.24) is 9.97 Å². The minimum absolute atomic E-state index is 1.00. The molecule has 0 N–H and O–H groups in total. The van der Waals surface area contributed by atoms with Crippen LogP contribution >= 0.6 is 0 Å². The zero-order valence-electron chi connectivity index (χ0n) is 15.2. The van der Waals surface area contributed by atoms with Crippen LogP contribution in [-0.2, 0) is 0 Å². The molecule has 0 spiro atoms. The standard InChI is InChI=1S/C22H22GeN2/c1-15-12-18(23(2,3)4)13-17-10-11-19-21(16-8-6-5-7-9-16)24-14-25-22(19)20(15)17/h5-14H,1-4H3. The number of aromatic nitrogens is 2. The van der Waals surface area contributed by atoms with E-state index < -0.39 is 13.3 Å². The SMILES string of the molecule is Cc1c[c]([Ge]([CH3])([CH3])[CH3])cc2ccc3c(-c4ccccc4)ncnc3c12. The molecule has 4 aromatic rings. The van der Waals surface area contributed by atoms with Gasteiger partial charge in [-0.15, -0.1) is 0 Å². The van der Waals surface area contributed by atoms with Crippen LogP contribution in [0.15, 0.2) is 60.9 Å². The maximum absolute atomic E-state index is 4.65. The molecule has 0 unspecified atom stereocenters. The second kappa shape index (κ2) is 5.96. The average Bonchev–Trinajstić information content (AvgIpc) is 2.60. The summed E-state index contributed by atoms with van der Waals surface area (Å²) in [5.74, 6) is 7.33. The fourth-order valence-corrected chi connectivity index (χ4v) is 6.05. The summed E-state index contributed by atoms with van der Waals surface area (Å²) in [4.78, 5) is 9.22. The van der Waals surface area contributed by atoms with Gasteiger partial charge in [-0.05, 0) is 0 Å². The van der Waals surface area contributed by atoms with Gasteiger partial charge in [0, 0.05) is 0 Å². The molecular formula is C22H22GeN2. The second-order valence-electron chi connectivity index (χ2n) is 7.69. The molecule has 3 heteroatoms. The maximum atomic E-state index is 4.65. The topological polar surface area (TPSA) is 25.8 Å². The van der Waals surface area contributed by atoms with Crippen molar-refractivity contribution in [2.75, 3.05) is 0 Å². The molecule has 4 rings (SSSR count). The number of rotatable bonds is 2. The zero-order valence-corrected chi connectivity index (χ0v) is 17.3. The Morgan fingerprint density at radius 1 is 0.840 bits per heavy atom. The summed E-state index contributed by atoms with van der Waals surface area (Å²) in [5, 5.41) is 3.67. The fourth-order valence-electron chi connectivity index (χ4n) is 3.45. The first-order chi connectivity index (χ1) is 11.9.